The summed E-state index contributed by atoms with van der Waals surface area (Å²) < 4.78 is 3.29. The Morgan fingerprint density at radius 2 is 1.86 bits per heavy atom. The first kappa shape index (κ1) is 16.9. The van der Waals surface area contributed by atoms with E-state index < -0.39 is 0 Å². The van der Waals surface area contributed by atoms with Crippen molar-refractivity contribution in [2.75, 3.05) is 32.7 Å². The number of hydrogen-bond acceptors (Lipinski definition) is 4. The molecule has 1 saturated heterocycles. The quantitative estimate of drug-likeness (QED) is 0.768. The molecule has 1 aliphatic rings. The Labute approximate surface area is 140 Å². The molecule has 2 N–H and O–H groups in total. The number of nitrogens with zero attached hydrogens (tertiary/aromatic N) is 4. The van der Waals surface area contributed by atoms with Crippen molar-refractivity contribution in [3.63, 3.8) is 0 Å². The summed E-state index contributed by atoms with van der Waals surface area (Å²) in [4.78, 5) is 5.38. The molecule has 5 nitrogen and oxygen atoms in total. The molecule has 1 fully saturated rings. The SMILES string of the molecule is CCc1nn(CC)c(CN2CCN(CC(N)=S)CC2)c1Br. The molecular formula is C14H24BrN5S. The highest BCUT2D eigenvalue weighted by molar-refractivity contribution is 9.10. The Morgan fingerprint density at radius 3 is 2.38 bits per heavy atom. The molecule has 1 aliphatic heterocycles. The van der Waals surface area contributed by atoms with E-state index >= 15 is 0 Å². The fourth-order valence-corrected chi connectivity index (χ4v) is 3.58. The van der Waals surface area contributed by atoms with Crippen LogP contribution in [0, 0.1) is 0 Å². The van der Waals surface area contributed by atoms with E-state index in [0.717, 1.165) is 57.9 Å². The molecule has 0 unspecified atom stereocenters. The van der Waals surface area contributed by atoms with Gasteiger partial charge in [-0.1, -0.05) is 19.1 Å². The lowest BCUT2D eigenvalue weighted by atomic mass is 10.2. The molecule has 1 aromatic rings. The Morgan fingerprint density at radius 1 is 1.24 bits per heavy atom. The Kier molecular flexibility index (Phi) is 6.16. The average molecular weight is 374 g/mol. The summed E-state index contributed by atoms with van der Waals surface area (Å²) in [5.74, 6) is 0. The van der Waals surface area contributed by atoms with E-state index in [1.165, 1.54) is 10.2 Å². The van der Waals surface area contributed by atoms with Crippen molar-refractivity contribution in [2.24, 2.45) is 5.73 Å². The van der Waals surface area contributed by atoms with E-state index in [-0.39, 0.29) is 0 Å². The molecule has 118 valence electrons. The van der Waals surface area contributed by atoms with Gasteiger partial charge in [-0.15, -0.1) is 0 Å². The van der Waals surface area contributed by atoms with Gasteiger partial charge in [-0.2, -0.15) is 5.10 Å². The van der Waals surface area contributed by atoms with E-state index in [1.54, 1.807) is 0 Å². The van der Waals surface area contributed by atoms with Gasteiger partial charge in [-0.3, -0.25) is 14.5 Å². The van der Waals surface area contributed by atoms with Crippen molar-refractivity contribution in [1.82, 2.24) is 19.6 Å². The highest BCUT2D eigenvalue weighted by Gasteiger charge is 2.21. The van der Waals surface area contributed by atoms with Gasteiger partial charge in [0.25, 0.3) is 0 Å². The molecule has 0 radical (unpaired) electrons. The molecule has 0 aliphatic carbocycles. The predicted octanol–water partition coefficient (Wildman–Crippen LogP) is 1.63. The molecule has 0 amide bonds. The summed E-state index contributed by atoms with van der Waals surface area (Å²) in [6, 6.07) is 0. The summed E-state index contributed by atoms with van der Waals surface area (Å²) in [7, 11) is 0. The number of aromatic nitrogens is 2. The second kappa shape index (κ2) is 7.67. The Hall–Kier alpha value is -0.500. The Balaban J connectivity index is 1.97. The summed E-state index contributed by atoms with van der Waals surface area (Å²) in [6.07, 6.45) is 0.961. The van der Waals surface area contributed by atoms with Gasteiger partial charge in [0, 0.05) is 45.8 Å². The zero-order valence-corrected chi connectivity index (χ0v) is 15.2. The van der Waals surface area contributed by atoms with Crippen LogP contribution in [0.3, 0.4) is 0 Å². The monoisotopic (exact) mass is 373 g/mol. The highest BCUT2D eigenvalue weighted by Crippen LogP contribution is 2.24. The Bertz CT molecular complexity index is 494. The van der Waals surface area contributed by atoms with Crippen LogP contribution in [0.5, 0.6) is 0 Å². The van der Waals surface area contributed by atoms with Crippen LogP contribution in [0.2, 0.25) is 0 Å². The van der Waals surface area contributed by atoms with Gasteiger partial charge < -0.3 is 5.73 Å². The molecule has 7 heteroatoms. The molecule has 0 aromatic carbocycles. The van der Waals surface area contributed by atoms with Crippen LogP contribution in [0.25, 0.3) is 0 Å². The average Bonchev–Trinajstić information content (AvgIpc) is 2.77. The van der Waals surface area contributed by atoms with Crippen LogP contribution in [-0.4, -0.2) is 57.3 Å². The minimum atomic E-state index is 0.586. The second-order valence-electron chi connectivity index (χ2n) is 5.40. The maximum atomic E-state index is 5.62. The van der Waals surface area contributed by atoms with Crippen LogP contribution >= 0.6 is 28.1 Å². The molecule has 0 saturated carbocycles. The van der Waals surface area contributed by atoms with E-state index in [1.807, 2.05) is 0 Å². The van der Waals surface area contributed by atoms with E-state index in [2.05, 4.69) is 49.4 Å². The van der Waals surface area contributed by atoms with Gasteiger partial charge in [0.15, 0.2) is 0 Å². The number of thiocarbonyl (C=S) groups is 1. The van der Waals surface area contributed by atoms with Gasteiger partial charge in [-0.05, 0) is 29.3 Å². The minimum absolute atomic E-state index is 0.586. The lowest BCUT2D eigenvalue weighted by Crippen LogP contribution is -2.48. The second-order valence-corrected chi connectivity index (χ2v) is 6.71. The standard InChI is InChI=1S/C14H24BrN5S/c1-3-11-14(15)12(20(4-2)17-11)9-18-5-7-19(8-6-18)10-13(16)21/h3-10H2,1-2H3,(H2,16,21). The zero-order valence-electron chi connectivity index (χ0n) is 12.8. The first-order valence-electron chi connectivity index (χ1n) is 7.52. The predicted molar refractivity (Wildman–Crippen MR) is 93.5 cm³/mol. The summed E-state index contributed by atoms with van der Waals surface area (Å²) in [5, 5.41) is 4.67. The third-order valence-electron chi connectivity index (χ3n) is 3.91. The largest absolute Gasteiger partial charge is 0.392 e. The van der Waals surface area contributed by atoms with E-state index in [0.29, 0.717) is 4.99 Å². The fourth-order valence-electron chi connectivity index (χ4n) is 2.71. The van der Waals surface area contributed by atoms with Crippen LogP contribution in [0.4, 0.5) is 0 Å². The van der Waals surface area contributed by atoms with Crippen LogP contribution in [0.15, 0.2) is 4.47 Å². The molecule has 2 heterocycles. The number of nitrogens with two attached hydrogens (primary N) is 1. The van der Waals surface area contributed by atoms with Crippen molar-refractivity contribution in [3.05, 3.63) is 15.9 Å². The van der Waals surface area contributed by atoms with Gasteiger partial charge in [0.2, 0.25) is 0 Å². The van der Waals surface area contributed by atoms with E-state index in [9.17, 15) is 0 Å². The first-order valence-corrected chi connectivity index (χ1v) is 8.72. The van der Waals surface area contributed by atoms with Crippen molar-refractivity contribution in [2.45, 2.75) is 33.4 Å². The lowest BCUT2D eigenvalue weighted by Gasteiger charge is -2.34. The third-order valence-corrected chi connectivity index (χ3v) is 4.96. The molecular weight excluding hydrogens is 350 g/mol. The molecule has 0 bridgehead atoms. The smallest absolute Gasteiger partial charge is 0.0870 e. The van der Waals surface area contributed by atoms with Crippen molar-refractivity contribution in [1.29, 1.82) is 0 Å². The first-order chi connectivity index (χ1) is 10.0. The van der Waals surface area contributed by atoms with Crippen LogP contribution < -0.4 is 5.73 Å². The molecule has 0 spiro atoms. The molecule has 2 rings (SSSR count). The van der Waals surface area contributed by atoms with Gasteiger partial charge in [0.05, 0.1) is 20.8 Å². The summed E-state index contributed by atoms with van der Waals surface area (Å²) >= 11 is 8.70. The molecule has 21 heavy (non-hydrogen) atoms. The van der Waals surface area contributed by atoms with Crippen molar-refractivity contribution in [3.8, 4) is 0 Å². The van der Waals surface area contributed by atoms with Gasteiger partial charge >= 0.3 is 0 Å². The number of halogens is 1. The highest BCUT2D eigenvalue weighted by atomic mass is 79.9. The molecule has 1 aromatic heterocycles. The number of hydrogen-bond donors (Lipinski definition) is 1. The van der Waals surface area contributed by atoms with E-state index in [4.69, 9.17) is 18.0 Å². The normalized spacial score (nSPS) is 17.3. The topological polar surface area (TPSA) is 50.3 Å². The number of aryl methyl sites for hydroxylation is 2. The minimum Gasteiger partial charge on any atom is -0.392 e. The zero-order chi connectivity index (χ0) is 15.4. The summed E-state index contributed by atoms with van der Waals surface area (Å²) in [6.45, 7) is 11.0. The number of piperazine rings is 1. The third kappa shape index (κ3) is 4.25. The fraction of sp³-hybridized carbons (Fsp3) is 0.714. The maximum absolute atomic E-state index is 5.62. The lowest BCUT2D eigenvalue weighted by molar-refractivity contribution is 0.137. The van der Waals surface area contributed by atoms with Crippen LogP contribution in [0.1, 0.15) is 25.2 Å². The van der Waals surface area contributed by atoms with Gasteiger partial charge in [0.1, 0.15) is 0 Å². The van der Waals surface area contributed by atoms with Crippen molar-refractivity contribution >= 4 is 33.1 Å². The van der Waals surface area contributed by atoms with Gasteiger partial charge in [-0.25, -0.2) is 0 Å². The summed E-state index contributed by atoms with van der Waals surface area (Å²) in [5.41, 5.74) is 8.06. The van der Waals surface area contributed by atoms with Crippen LogP contribution in [-0.2, 0) is 19.5 Å². The number of rotatable bonds is 6. The molecule has 0 atom stereocenters. The van der Waals surface area contributed by atoms with Crippen molar-refractivity contribution < 1.29 is 0 Å². The maximum Gasteiger partial charge on any atom is 0.0870 e.